The number of halogens is 1. The topological polar surface area (TPSA) is 104 Å². The van der Waals surface area contributed by atoms with Gasteiger partial charge < -0.3 is 5.32 Å². The third-order valence-electron chi connectivity index (χ3n) is 6.14. The highest BCUT2D eigenvalue weighted by Crippen LogP contribution is 2.30. The minimum absolute atomic E-state index is 0.0145. The number of hydrogen-bond acceptors (Lipinski definition) is 5. The molecular weight excluding hydrogens is 522 g/mol. The van der Waals surface area contributed by atoms with E-state index in [1.54, 1.807) is 13.0 Å². The van der Waals surface area contributed by atoms with E-state index in [0.717, 1.165) is 15.4 Å². The Kier molecular flexibility index (Phi) is 7.27. The Labute approximate surface area is 216 Å². The molecule has 0 fully saturated rings. The molecule has 0 aromatic heterocycles. The van der Waals surface area contributed by atoms with Crippen molar-refractivity contribution in [1.82, 2.24) is 8.61 Å². The average molecular weight is 548 g/mol. The van der Waals surface area contributed by atoms with Gasteiger partial charge in [-0.1, -0.05) is 41.9 Å². The number of benzene rings is 3. The van der Waals surface area contributed by atoms with Crippen LogP contribution < -0.4 is 5.32 Å². The fourth-order valence-corrected chi connectivity index (χ4v) is 6.81. The SMILES string of the molecule is Cc1ccc(S(=O)(=O)N(C)C)cc1NC(=O)c1ccc(Cl)c(S(=O)(=O)N2CCc3ccccc3C2)c1. The summed E-state index contributed by atoms with van der Waals surface area (Å²) < 4.78 is 54.4. The van der Waals surface area contributed by atoms with Crippen LogP contribution in [-0.2, 0) is 33.0 Å². The van der Waals surface area contributed by atoms with Crippen LogP contribution in [0.1, 0.15) is 27.0 Å². The third-order valence-corrected chi connectivity index (χ3v) is 10.3. The van der Waals surface area contributed by atoms with Crippen molar-refractivity contribution in [2.24, 2.45) is 0 Å². The highest BCUT2D eigenvalue weighted by molar-refractivity contribution is 7.89. The van der Waals surface area contributed by atoms with Gasteiger partial charge in [0.05, 0.1) is 9.92 Å². The van der Waals surface area contributed by atoms with Crippen LogP contribution in [0.3, 0.4) is 0 Å². The molecule has 3 aromatic rings. The first-order chi connectivity index (χ1) is 16.9. The number of rotatable bonds is 6. The molecule has 4 rings (SSSR count). The molecule has 0 atom stereocenters. The molecule has 0 radical (unpaired) electrons. The molecule has 0 aliphatic carbocycles. The Morgan fingerprint density at radius 2 is 1.67 bits per heavy atom. The molecule has 0 bridgehead atoms. The van der Waals surface area contributed by atoms with Crippen molar-refractivity contribution < 1.29 is 21.6 Å². The van der Waals surface area contributed by atoms with Gasteiger partial charge in [-0.2, -0.15) is 4.31 Å². The predicted octanol–water partition coefficient (Wildman–Crippen LogP) is 3.90. The van der Waals surface area contributed by atoms with E-state index in [9.17, 15) is 21.6 Å². The number of nitrogens with zero attached hydrogens (tertiary/aromatic N) is 2. The molecule has 0 spiro atoms. The van der Waals surface area contributed by atoms with E-state index in [1.807, 2.05) is 24.3 Å². The predicted molar refractivity (Wildman–Crippen MR) is 139 cm³/mol. The normalized spacial score (nSPS) is 14.5. The summed E-state index contributed by atoms with van der Waals surface area (Å²) in [5.41, 5.74) is 3.07. The van der Waals surface area contributed by atoms with Crippen molar-refractivity contribution in [3.8, 4) is 0 Å². The lowest BCUT2D eigenvalue weighted by Gasteiger charge is -2.28. The molecule has 1 heterocycles. The average Bonchev–Trinajstić information content (AvgIpc) is 2.84. The number of hydrogen-bond donors (Lipinski definition) is 1. The van der Waals surface area contributed by atoms with Gasteiger partial charge in [-0.3, -0.25) is 4.79 Å². The second-order valence-electron chi connectivity index (χ2n) is 8.72. The second-order valence-corrected chi connectivity index (χ2v) is 13.2. The molecule has 0 saturated carbocycles. The fraction of sp³-hybridized carbons (Fsp3) is 0.240. The molecule has 3 aromatic carbocycles. The van der Waals surface area contributed by atoms with E-state index in [0.29, 0.717) is 24.2 Å². The van der Waals surface area contributed by atoms with E-state index in [-0.39, 0.29) is 26.9 Å². The van der Waals surface area contributed by atoms with Crippen molar-refractivity contribution in [3.05, 3.63) is 87.9 Å². The van der Waals surface area contributed by atoms with Crippen LogP contribution in [0, 0.1) is 6.92 Å². The van der Waals surface area contributed by atoms with Gasteiger partial charge >= 0.3 is 0 Å². The summed E-state index contributed by atoms with van der Waals surface area (Å²) in [6.07, 6.45) is 0.582. The van der Waals surface area contributed by atoms with Gasteiger partial charge in [-0.05, 0) is 60.4 Å². The van der Waals surface area contributed by atoms with Crippen LogP contribution in [0.5, 0.6) is 0 Å². The number of carbonyl (C=O) groups excluding carboxylic acids is 1. The van der Waals surface area contributed by atoms with Crippen molar-refractivity contribution in [2.45, 2.75) is 29.7 Å². The lowest BCUT2D eigenvalue weighted by Crippen LogP contribution is -2.36. The molecular formula is C25H26ClN3O5S2. The van der Waals surface area contributed by atoms with Crippen molar-refractivity contribution in [2.75, 3.05) is 26.0 Å². The van der Waals surface area contributed by atoms with E-state index < -0.39 is 26.0 Å². The zero-order valence-electron chi connectivity index (χ0n) is 20.0. The van der Waals surface area contributed by atoms with Gasteiger partial charge in [0.1, 0.15) is 4.90 Å². The summed E-state index contributed by atoms with van der Waals surface area (Å²) in [7, 11) is -4.83. The van der Waals surface area contributed by atoms with Gasteiger partial charge in [0.25, 0.3) is 5.91 Å². The van der Waals surface area contributed by atoms with Crippen molar-refractivity contribution in [3.63, 3.8) is 0 Å². The first kappa shape index (κ1) is 26.3. The van der Waals surface area contributed by atoms with Crippen LogP contribution >= 0.6 is 11.6 Å². The molecule has 0 unspecified atom stereocenters. The minimum atomic E-state index is -3.97. The Morgan fingerprint density at radius 1 is 0.972 bits per heavy atom. The molecule has 1 aliphatic heterocycles. The van der Waals surface area contributed by atoms with Crippen molar-refractivity contribution >= 4 is 43.2 Å². The summed E-state index contributed by atoms with van der Waals surface area (Å²) in [5, 5.41) is 2.71. The van der Waals surface area contributed by atoms with Crippen LogP contribution in [0.2, 0.25) is 5.02 Å². The quantitative estimate of drug-likeness (QED) is 0.504. The van der Waals surface area contributed by atoms with E-state index >= 15 is 0 Å². The number of amides is 1. The molecule has 1 aliphatic rings. The second kappa shape index (κ2) is 9.95. The summed E-state index contributed by atoms with van der Waals surface area (Å²) >= 11 is 6.28. The number of sulfonamides is 2. The molecule has 1 N–H and O–H groups in total. The summed E-state index contributed by atoms with van der Waals surface area (Å²) in [6, 6.07) is 16.2. The highest BCUT2D eigenvalue weighted by atomic mass is 35.5. The van der Waals surface area contributed by atoms with E-state index in [4.69, 9.17) is 11.6 Å². The van der Waals surface area contributed by atoms with Crippen LogP contribution in [0.4, 0.5) is 5.69 Å². The largest absolute Gasteiger partial charge is 0.322 e. The van der Waals surface area contributed by atoms with Gasteiger partial charge in [0.15, 0.2) is 0 Å². The lowest BCUT2D eigenvalue weighted by atomic mass is 10.0. The third kappa shape index (κ3) is 5.05. The summed E-state index contributed by atoms with van der Waals surface area (Å²) in [6.45, 7) is 2.25. The van der Waals surface area contributed by atoms with E-state index in [1.165, 1.54) is 48.7 Å². The van der Waals surface area contributed by atoms with Crippen LogP contribution in [0.25, 0.3) is 0 Å². The number of carbonyl (C=O) groups is 1. The molecule has 0 saturated heterocycles. The van der Waals surface area contributed by atoms with Gasteiger partial charge in [0, 0.05) is 38.4 Å². The molecule has 36 heavy (non-hydrogen) atoms. The Balaban J connectivity index is 1.63. The lowest BCUT2D eigenvalue weighted by molar-refractivity contribution is 0.102. The zero-order valence-corrected chi connectivity index (χ0v) is 22.4. The first-order valence-electron chi connectivity index (χ1n) is 11.1. The Hall–Kier alpha value is -2.76. The zero-order chi connectivity index (χ0) is 26.3. The monoisotopic (exact) mass is 547 g/mol. The maximum absolute atomic E-state index is 13.5. The summed E-state index contributed by atoms with van der Waals surface area (Å²) in [5.74, 6) is -0.588. The molecule has 1 amide bonds. The smallest absolute Gasteiger partial charge is 0.255 e. The van der Waals surface area contributed by atoms with E-state index in [2.05, 4.69) is 5.32 Å². The maximum atomic E-state index is 13.5. The number of nitrogens with one attached hydrogen (secondary N) is 1. The van der Waals surface area contributed by atoms with Crippen LogP contribution in [0.15, 0.2) is 70.5 Å². The van der Waals surface area contributed by atoms with Gasteiger partial charge in [-0.15, -0.1) is 0 Å². The molecule has 8 nitrogen and oxygen atoms in total. The number of aryl methyl sites for hydroxylation is 1. The fourth-order valence-electron chi connectivity index (χ4n) is 3.96. The number of fused-ring (bicyclic) bond motifs is 1. The molecule has 190 valence electrons. The highest BCUT2D eigenvalue weighted by Gasteiger charge is 2.30. The van der Waals surface area contributed by atoms with Crippen molar-refractivity contribution in [1.29, 1.82) is 0 Å². The Morgan fingerprint density at radius 3 is 2.36 bits per heavy atom. The van der Waals surface area contributed by atoms with Gasteiger partial charge in [0.2, 0.25) is 20.0 Å². The standard InChI is InChI=1S/C25H26ClN3O5S2/c1-17-8-10-21(35(31,32)28(2)3)15-23(17)27-25(30)19-9-11-22(26)24(14-19)36(33,34)29-13-12-18-6-4-5-7-20(18)16-29/h4-11,14-15H,12-13,16H2,1-3H3,(H,27,30). The summed E-state index contributed by atoms with van der Waals surface area (Å²) in [4.78, 5) is 12.9. The molecule has 11 heteroatoms. The maximum Gasteiger partial charge on any atom is 0.255 e. The van der Waals surface area contributed by atoms with Crippen LogP contribution in [-0.4, -0.2) is 52.0 Å². The van der Waals surface area contributed by atoms with Gasteiger partial charge in [-0.25, -0.2) is 21.1 Å². The first-order valence-corrected chi connectivity index (χ1v) is 14.4. The number of anilines is 1. The Bertz CT molecular complexity index is 1550. The minimum Gasteiger partial charge on any atom is -0.322 e.